The number of aliphatic hydroxyl groups is 1. The number of thioether (sulfide) groups is 1. The largest absolute Gasteiger partial charge is 0.497 e. The number of benzene rings is 1. The summed E-state index contributed by atoms with van der Waals surface area (Å²) < 4.78 is 7.52. The molecule has 0 aliphatic carbocycles. The number of ether oxygens (including phenoxy) is 1. The molecular formula is C17H25N2O2S+. The van der Waals surface area contributed by atoms with Crippen molar-refractivity contribution in [3.63, 3.8) is 0 Å². The summed E-state index contributed by atoms with van der Waals surface area (Å²) in [6.07, 6.45) is -0.422. The molecule has 2 N–H and O–H groups in total. The van der Waals surface area contributed by atoms with Crippen LogP contribution in [0, 0.1) is 6.92 Å². The Morgan fingerprint density at radius 2 is 2.09 bits per heavy atom. The van der Waals surface area contributed by atoms with E-state index in [0.717, 1.165) is 47.5 Å². The van der Waals surface area contributed by atoms with Gasteiger partial charge in [0.1, 0.15) is 18.4 Å². The zero-order valence-electron chi connectivity index (χ0n) is 13.6. The van der Waals surface area contributed by atoms with E-state index < -0.39 is 6.10 Å². The first kappa shape index (κ1) is 15.7. The Morgan fingerprint density at radius 1 is 1.36 bits per heavy atom. The van der Waals surface area contributed by atoms with Crippen LogP contribution in [0.15, 0.2) is 18.2 Å². The monoisotopic (exact) mass is 321 g/mol. The van der Waals surface area contributed by atoms with Crippen molar-refractivity contribution in [1.29, 1.82) is 0 Å². The fourth-order valence-corrected chi connectivity index (χ4v) is 4.44. The number of methoxy groups -OCH3 is 1. The highest BCUT2D eigenvalue weighted by Crippen LogP contribution is 2.32. The summed E-state index contributed by atoms with van der Waals surface area (Å²) in [5, 5.41) is 12.0. The lowest BCUT2D eigenvalue weighted by molar-refractivity contribution is -0.900. The SMILES string of the molecule is COc1ccc2c(c1)c([C@H](O)C[NH+]1CCSCC1)c(C)n2C. The van der Waals surface area contributed by atoms with Gasteiger partial charge >= 0.3 is 0 Å². The van der Waals surface area contributed by atoms with Gasteiger partial charge in [0.05, 0.1) is 20.2 Å². The molecule has 1 aromatic carbocycles. The minimum Gasteiger partial charge on any atom is -0.497 e. The van der Waals surface area contributed by atoms with Gasteiger partial charge in [-0.05, 0) is 25.1 Å². The summed E-state index contributed by atoms with van der Waals surface area (Å²) in [4.78, 5) is 1.51. The van der Waals surface area contributed by atoms with Crippen LogP contribution in [0.5, 0.6) is 5.75 Å². The summed E-state index contributed by atoms with van der Waals surface area (Å²) in [6.45, 7) is 5.17. The number of hydrogen-bond donors (Lipinski definition) is 2. The number of aliphatic hydroxyl groups excluding tert-OH is 1. The first-order valence-electron chi connectivity index (χ1n) is 7.84. The minimum atomic E-state index is -0.422. The molecule has 120 valence electrons. The maximum atomic E-state index is 10.8. The molecule has 3 rings (SSSR count). The van der Waals surface area contributed by atoms with Gasteiger partial charge in [-0.2, -0.15) is 11.8 Å². The molecule has 4 nitrogen and oxygen atoms in total. The third-order valence-electron chi connectivity index (χ3n) is 4.76. The Balaban J connectivity index is 1.95. The number of aryl methyl sites for hydroxylation is 1. The van der Waals surface area contributed by atoms with Crippen LogP contribution < -0.4 is 9.64 Å². The highest BCUT2D eigenvalue weighted by molar-refractivity contribution is 7.99. The maximum absolute atomic E-state index is 10.8. The van der Waals surface area contributed by atoms with E-state index in [9.17, 15) is 5.11 Å². The molecule has 1 aliphatic heterocycles. The molecule has 2 aromatic rings. The fraction of sp³-hybridized carbons (Fsp3) is 0.529. The summed E-state index contributed by atoms with van der Waals surface area (Å²) in [7, 11) is 3.74. The van der Waals surface area contributed by atoms with E-state index in [1.54, 1.807) is 7.11 Å². The molecular weight excluding hydrogens is 296 g/mol. The average molecular weight is 321 g/mol. The molecule has 1 aromatic heterocycles. The molecule has 0 saturated carbocycles. The lowest BCUT2D eigenvalue weighted by atomic mass is 10.0. The topological polar surface area (TPSA) is 38.8 Å². The molecule has 0 bridgehead atoms. The molecule has 0 radical (unpaired) electrons. The third-order valence-corrected chi connectivity index (χ3v) is 5.75. The number of nitrogens with zero attached hydrogens (tertiary/aromatic N) is 1. The molecule has 0 spiro atoms. The van der Waals surface area contributed by atoms with Crippen LogP contribution in [-0.2, 0) is 7.05 Å². The van der Waals surface area contributed by atoms with E-state index in [1.165, 1.54) is 16.4 Å². The van der Waals surface area contributed by atoms with Crippen molar-refractivity contribution in [1.82, 2.24) is 4.57 Å². The second-order valence-corrected chi connectivity index (χ2v) is 7.25. The number of fused-ring (bicyclic) bond motifs is 1. The number of nitrogens with one attached hydrogen (secondary N) is 1. The Labute approximate surface area is 136 Å². The van der Waals surface area contributed by atoms with Crippen LogP contribution in [0.2, 0.25) is 0 Å². The average Bonchev–Trinajstić information content (AvgIpc) is 2.79. The molecule has 2 heterocycles. The lowest BCUT2D eigenvalue weighted by Crippen LogP contribution is -3.14. The van der Waals surface area contributed by atoms with Crippen LogP contribution in [-0.4, -0.2) is 47.9 Å². The van der Waals surface area contributed by atoms with E-state index in [2.05, 4.69) is 24.6 Å². The molecule has 0 unspecified atom stereocenters. The highest BCUT2D eigenvalue weighted by Gasteiger charge is 2.24. The quantitative estimate of drug-likeness (QED) is 0.888. The molecule has 22 heavy (non-hydrogen) atoms. The van der Waals surface area contributed by atoms with Gasteiger partial charge in [0.2, 0.25) is 0 Å². The van der Waals surface area contributed by atoms with Crippen molar-refractivity contribution in [2.75, 3.05) is 38.2 Å². The number of hydrogen-bond acceptors (Lipinski definition) is 3. The minimum absolute atomic E-state index is 0.422. The molecule has 1 aliphatic rings. The second-order valence-electron chi connectivity index (χ2n) is 6.02. The zero-order chi connectivity index (χ0) is 15.7. The van der Waals surface area contributed by atoms with Crippen molar-refractivity contribution in [2.45, 2.75) is 13.0 Å². The van der Waals surface area contributed by atoms with Crippen molar-refractivity contribution in [3.8, 4) is 5.75 Å². The van der Waals surface area contributed by atoms with Gasteiger partial charge in [-0.15, -0.1) is 0 Å². The predicted molar refractivity (Wildman–Crippen MR) is 92.1 cm³/mol. The van der Waals surface area contributed by atoms with Crippen molar-refractivity contribution < 1.29 is 14.7 Å². The number of aromatic nitrogens is 1. The highest BCUT2D eigenvalue weighted by atomic mass is 32.2. The van der Waals surface area contributed by atoms with Crippen LogP contribution in [0.3, 0.4) is 0 Å². The maximum Gasteiger partial charge on any atom is 0.130 e. The van der Waals surface area contributed by atoms with Gasteiger partial charge in [0.15, 0.2) is 0 Å². The number of quaternary nitrogens is 1. The van der Waals surface area contributed by atoms with E-state index in [0.29, 0.717) is 0 Å². The van der Waals surface area contributed by atoms with Gasteiger partial charge in [-0.25, -0.2) is 0 Å². The summed E-state index contributed by atoms with van der Waals surface area (Å²) in [5.74, 6) is 3.24. The normalized spacial score (nSPS) is 17.8. The van der Waals surface area contributed by atoms with Gasteiger partial charge in [-0.3, -0.25) is 0 Å². The Hall–Kier alpha value is -1.17. The van der Waals surface area contributed by atoms with Crippen molar-refractivity contribution in [2.24, 2.45) is 7.05 Å². The molecule has 1 saturated heterocycles. The summed E-state index contributed by atoms with van der Waals surface area (Å²) in [5.41, 5.74) is 3.35. The van der Waals surface area contributed by atoms with Gasteiger partial charge < -0.3 is 19.3 Å². The summed E-state index contributed by atoms with van der Waals surface area (Å²) >= 11 is 2.01. The van der Waals surface area contributed by atoms with E-state index in [4.69, 9.17) is 4.74 Å². The second kappa shape index (κ2) is 6.52. The smallest absolute Gasteiger partial charge is 0.130 e. The lowest BCUT2D eigenvalue weighted by Gasteiger charge is -2.25. The van der Waals surface area contributed by atoms with Crippen LogP contribution in [0.1, 0.15) is 17.4 Å². The van der Waals surface area contributed by atoms with E-state index in [1.807, 2.05) is 23.9 Å². The van der Waals surface area contributed by atoms with Crippen molar-refractivity contribution in [3.05, 3.63) is 29.5 Å². The van der Waals surface area contributed by atoms with Crippen LogP contribution >= 0.6 is 11.8 Å². The van der Waals surface area contributed by atoms with E-state index in [-0.39, 0.29) is 0 Å². The fourth-order valence-electron chi connectivity index (χ4n) is 3.37. The molecule has 5 heteroatoms. The molecule has 0 amide bonds. The third kappa shape index (κ3) is 2.85. The Morgan fingerprint density at radius 3 is 2.77 bits per heavy atom. The number of rotatable bonds is 4. The van der Waals surface area contributed by atoms with Crippen LogP contribution in [0.4, 0.5) is 0 Å². The predicted octanol–water partition coefficient (Wildman–Crippen LogP) is 1.16. The van der Waals surface area contributed by atoms with Crippen molar-refractivity contribution >= 4 is 22.7 Å². The zero-order valence-corrected chi connectivity index (χ0v) is 14.4. The first-order chi connectivity index (χ1) is 10.6. The standard InChI is InChI=1S/C17H24N2O2S/c1-12-17(16(20)11-19-6-8-22-9-7-19)14-10-13(21-3)4-5-15(14)18(12)2/h4-5,10,16,20H,6-9,11H2,1-3H3/p+1/t16-/m1/s1. The first-order valence-corrected chi connectivity index (χ1v) is 8.99. The van der Waals surface area contributed by atoms with Gasteiger partial charge in [0.25, 0.3) is 0 Å². The molecule has 1 fully saturated rings. The molecule has 1 atom stereocenters. The summed E-state index contributed by atoms with van der Waals surface area (Å²) in [6, 6.07) is 6.09. The van der Waals surface area contributed by atoms with Gasteiger partial charge in [-0.1, -0.05) is 0 Å². The van der Waals surface area contributed by atoms with E-state index >= 15 is 0 Å². The Bertz CT molecular complexity index is 662. The van der Waals surface area contributed by atoms with Crippen LogP contribution in [0.25, 0.3) is 10.9 Å². The Kier molecular flexibility index (Phi) is 4.66. The van der Waals surface area contributed by atoms with Gasteiger partial charge in [0, 0.05) is 40.7 Å².